The third-order valence-corrected chi connectivity index (χ3v) is 2.29. The van der Waals surface area contributed by atoms with Gasteiger partial charge in [0.1, 0.15) is 6.61 Å². The van der Waals surface area contributed by atoms with E-state index in [-0.39, 0.29) is 19.0 Å². The summed E-state index contributed by atoms with van der Waals surface area (Å²) < 4.78 is 15.1. The van der Waals surface area contributed by atoms with Gasteiger partial charge < -0.3 is 14.2 Å². The molecule has 0 aliphatic heterocycles. The number of methoxy groups -OCH3 is 2. The number of carbonyl (C=O) groups is 1. The second-order valence-corrected chi connectivity index (χ2v) is 3.65. The maximum atomic E-state index is 11.4. The molecule has 1 aromatic carbocycles. The summed E-state index contributed by atoms with van der Waals surface area (Å²) in [4.78, 5) is 11.4. The van der Waals surface area contributed by atoms with Gasteiger partial charge in [-0.25, -0.2) is 0 Å². The number of carbonyl (C=O) groups excluding carboxylic acids is 1. The van der Waals surface area contributed by atoms with Crippen LogP contribution in [0.25, 0.3) is 0 Å². The van der Waals surface area contributed by atoms with Gasteiger partial charge in [-0.3, -0.25) is 4.79 Å². The average Bonchev–Trinajstić information content (AvgIpc) is 2.36. The Kier molecular flexibility index (Phi) is 5.63. The summed E-state index contributed by atoms with van der Waals surface area (Å²) in [5, 5.41) is 0. The molecule has 0 aliphatic rings. The second kappa shape index (κ2) is 7.01. The summed E-state index contributed by atoms with van der Waals surface area (Å²) in [6.07, 6.45) is 0.192. The van der Waals surface area contributed by atoms with Crippen LogP contribution in [-0.2, 0) is 16.0 Å². The number of halogens is 1. The molecule has 0 atom stereocenters. The Morgan fingerprint density at radius 3 is 2.53 bits per heavy atom. The second-order valence-electron chi connectivity index (χ2n) is 3.28. The molecule has 1 aromatic rings. The zero-order valence-corrected chi connectivity index (χ0v) is 10.6. The molecule has 0 unspecified atom stereocenters. The number of alkyl halides is 1. The van der Waals surface area contributed by atoms with Gasteiger partial charge in [0.25, 0.3) is 0 Å². The molecule has 0 aromatic heterocycles. The summed E-state index contributed by atoms with van der Waals surface area (Å²) >= 11 is 5.42. The van der Waals surface area contributed by atoms with Crippen molar-refractivity contribution in [1.29, 1.82) is 0 Å². The minimum atomic E-state index is -0.308. The number of benzene rings is 1. The van der Waals surface area contributed by atoms with E-state index in [1.54, 1.807) is 32.4 Å². The molecule has 1 rings (SSSR count). The van der Waals surface area contributed by atoms with Crippen LogP contribution in [0.4, 0.5) is 0 Å². The molecule has 0 bridgehead atoms. The highest BCUT2D eigenvalue weighted by Crippen LogP contribution is 2.27. The van der Waals surface area contributed by atoms with Crippen LogP contribution in [0, 0.1) is 0 Å². The largest absolute Gasteiger partial charge is 0.493 e. The Morgan fingerprint density at radius 2 is 1.94 bits per heavy atom. The SMILES string of the molecule is COc1ccc(CC(=O)OCCCl)cc1OC. The van der Waals surface area contributed by atoms with Crippen molar-refractivity contribution in [2.75, 3.05) is 26.7 Å². The van der Waals surface area contributed by atoms with Gasteiger partial charge in [0.2, 0.25) is 0 Å². The zero-order chi connectivity index (χ0) is 12.7. The van der Waals surface area contributed by atoms with E-state index in [0.29, 0.717) is 17.4 Å². The fourth-order valence-electron chi connectivity index (χ4n) is 1.36. The van der Waals surface area contributed by atoms with Crippen molar-refractivity contribution < 1.29 is 19.0 Å². The van der Waals surface area contributed by atoms with Crippen molar-refractivity contribution in [2.24, 2.45) is 0 Å². The van der Waals surface area contributed by atoms with Crippen LogP contribution in [0.2, 0.25) is 0 Å². The molecule has 0 radical (unpaired) electrons. The number of hydrogen-bond acceptors (Lipinski definition) is 4. The fourth-order valence-corrected chi connectivity index (χ4v) is 1.44. The molecule has 0 N–H and O–H groups in total. The van der Waals surface area contributed by atoms with Gasteiger partial charge in [-0.15, -0.1) is 11.6 Å². The third-order valence-electron chi connectivity index (χ3n) is 2.14. The predicted octanol–water partition coefficient (Wildman–Crippen LogP) is 2.03. The normalized spacial score (nSPS) is 9.82. The molecule has 0 spiro atoms. The molecule has 4 nitrogen and oxygen atoms in total. The highest BCUT2D eigenvalue weighted by Gasteiger charge is 2.08. The van der Waals surface area contributed by atoms with E-state index in [4.69, 9.17) is 25.8 Å². The Morgan fingerprint density at radius 1 is 1.24 bits per heavy atom. The van der Waals surface area contributed by atoms with Crippen molar-refractivity contribution in [3.05, 3.63) is 23.8 Å². The van der Waals surface area contributed by atoms with Crippen LogP contribution < -0.4 is 9.47 Å². The van der Waals surface area contributed by atoms with Gasteiger partial charge in [-0.2, -0.15) is 0 Å². The Labute approximate surface area is 105 Å². The average molecular weight is 259 g/mol. The molecule has 94 valence electrons. The Balaban J connectivity index is 2.68. The van der Waals surface area contributed by atoms with Crippen LogP contribution in [-0.4, -0.2) is 32.7 Å². The van der Waals surface area contributed by atoms with Crippen molar-refractivity contribution in [3.63, 3.8) is 0 Å². The highest BCUT2D eigenvalue weighted by molar-refractivity contribution is 6.18. The lowest BCUT2D eigenvalue weighted by Gasteiger charge is -2.09. The van der Waals surface area contributed by atoms with Gasteiger partial charge in [0, 0.05) is 0 Å². The van der Waals surface area contributed by atoms with Crippen LogP contribution in [0.15, 0.2) is 18.2 Å². The summed E-state index contributed by atoms with van der Waals surface area (Å²) in [5.74, 6) is 1.22. The minimum absolute atomic E-state index is 0.192. The van der Waals surface area contributed by atoms with Crippen molar-refractivity contribution in [2.45, 2.75) is 6.42 Å². The first kappa shape index (κ1) is 13.6. The smallest absolute Gasteiger partial charge is 0.310 e. The maximum Gasteiger partial charge on any atom is 0.310 e. The first-order valence-corrected chi connectivity index (χ1v) is 5.67. The molecule has 0 aliphatic carbocycles. The summed E-state index contributed by atoms with van der Waals surface area (Å²) in [7, 11) is 3.11. The number of ether oxygens (including phenoxy) is 3. The third kappa shape index (κ3) is 4.15. The molecular weight excluding hydrogens is 244 g/mol. The monoisotopic (exact) mass is 258 g/mol. The Hall–Kier alpha value is -1.42. The van der Waals surface area contributed by atoms with E-state index >= 15 is 0 Å². The van der Waals surface area contributed by atoms with E-state index in [2.05, 4.69) is 0 Å². The topological polar surface area (TPSA) is 44.8 Å². The molecule has 0 saturated carbocycles. The molecule has 0 amide bonds. The van der Waals surface area contributed by atoms with E-state index in [9.17, 15) is 4.79 Å². The van der Waals surface area contributed by atoms with E-state index in [1.165, 1.54) is 0 Å². The van der Waals surface area contributed by atoms with E-state index in [1.807, 2.05) is 0 Å². The van der Waals surface area contributed by atoms with Crippen LogP contribution in [0.3, 0.4) is 0 Å². The van der Waals surface area contributed by atoms with Gasteiger partial charge in [0.05, 0.1) is 26.5 Å². The van der Waals surface area contributed by atoms with Crippen molar-refractivity contribution in [1.82, 2.24) is 0 Å². The predicted molar refractivity (Wildman–Crippen MR) is 64.9 cm³/mol. The molecule has 0 fully saturated rings. The molecule has 0 heterocycles. The molecule has 5 heteroatoms. The van der Waals surface area contributed by atoms with Gasteiger partial charge in [-0.1, -0.05) is 6.07 Å². The summed E-state index contributed by atoms with van der Waals surface area (Å²) in [6.45, 7) is 0.230. The summed E-state index contributed by atoms with van der Waals surface area (Å²) in [5.41, 5.74) is 0.808. The van der Waals surface area contributed by atoms with Crippen molar-refractivity contribution in [3.8, 4) is 11.5 Å². The van der Waals surface area contributed by atoms with Gasteiger partial charge >= 0.3 is 5.97 Å². The molecule has 17 heavy (non-hydrogen) atoms. The maximum absolute atomic E-state index is 11.4. The standard InChI is InChI=1S/C12H15ClO4/c1-15-10-4-3-9(7-11(10)16-2)8-12(14)17-6-5-13/h3-4,7H,5-6,8H2,1-2H3. The first-order chi connectivity index (χ1) is 8.21. The first-order valence-electron chi connectivity index (χ1n) is 5.13. The number of hydrogen-bond donors (Lipinski definition) is 0. The quantitative estimate of drug-likeness (QED) is 0.579. The summed E-state index contributed by atoms with van der Waals surface area (Å²) in [6, 6.07) is 5.30. The minimum Gasteiger partial charge on any atom is -0.493 e. The lowest BCUT2D eigenvalue weighted by Crippen LogP contribution is -2.09. The fraction of sp³-hybridized carbons (Fsp3) is 0.417. The van der Waals surface area contributed by atoms with Crippen LogP contribution in [0.1, 0.15) is 5.56 Å². The zero-order valence-electron chi connectivity index (χ0n) is 9.86. The van der Waals surface area contributed by atoms with E-state index in [0.717, 1.165) is 5.56 Å². The lowest BCUT2D eigenvalue weighted by molar-refractivity contribution is -0.142. The Bertz CT molecular complexity index is 379. The number of esters is 1. The van der Waals surface area contributed by atoms with Crippen molar-refractivity contribution >= 4 is 17.6 Å². The van der Waals surface area contributed by atoms with E-state index < -0.39 is 0 Å². The molecule has 0 saturated heterocycles. The highest BCUT2D eigenvalue weighted by atomic mass is 35.5. The van der Waals surface area contributed by atoms with Gasteiger partial charge in [0.15, 0.2) is 11.5 Å². The number of rotatable bonds is 6. The lowest BCUT2D eigenvalue weighted by atomic mass is 10.1. The van der Waals surface area contributed by atoms with Crippen LogP contribution >= 0.6 is 11.6 Å². The molecular formula is C12H15ClO4. The van der Waals surface area contributed by atoms with Crippen LogP contribution in [0.5, 0.6) is 11.5 Å². The van der Waals surface area contributed by atoms with Gasteiger partial charge in [-0.05, 0) is 17.7 Å².